The Labute approximate surface area is 115 Å². The highest BCUT2D eigenvalue weighted by Gasteiger charge is 2.25. The zero-order chi connectivity index (χ0) is 15.3. The highest BCUT2D eigenvalue weighted by Crippen LogP contribution is 2.22. The molecule has 110 valence electrons. The molecule has 1 N–H and O–H groups in total. The number of hydrogen-bond donors (Lipinski definition) is 1. The average Bonchev–Trinajstić information content (AvgIpc) is 2.36. The SMILES string of the molecule is CC(C)OC(=O)CNS(=O)(=O)c1ccccc1[N+](=O)[O-]. The summed E-state index contributed by atoms with van der Waals surface area (Å²) in [4.78, 5) is 20.7. The van der Waals surface area contributed by atoms with Crippen LogP contribution in [-0.2, 0) is 19.6 Å². The van der Waals surface area contributed by atoms with Gasteiger partial charge in [0.1, 0.15) is 6.54 Å². The van der Waals surface area contributed by atoms with Crippen molar-refractivity contribution in [2.45, 2.75) is 24.8 Å². The predicted molar refractivity (Wildman–Crippen MR) is 69.5 cm³/mol. The van der Waals surface area contributed by atoms with E-state index in [9.17, 15) is 23.3 Å². The Morgan fingerprint density at radius 3 is 2.55 bits per heavy atom. The first-order chi connectivity index (χ1) is 9.24. The van der Waals surface area contributed by atoms with Crippen LogP contribution in [0.4, 0.5) is 5.69 Å². The third-order valence-corrected chi connectivity index (χ3v) is 3.57. The van der Waals surface area contributed by atoms with Crippen LogP contribution >= 0.6 is 0 Å². The number of nitro groups is 1. The molecular weight excluding hydrogens is 288 g/mol. The van der Waals surface area contributed by atoms with Gasteiger partial charge in [0, 0.05) is 6.07 Å². The van der Waals surface area contributed by atoms with Crippen molar-refractivity contribution in [3.63, 3.8) is 0 Å². The van der Waals surface area contributed by atoms with E-state index in [2.05, 4.69) is 0 Å². The predicted octanol–water partition coefficient (Wildman–Crippen LogP) is 0.825. The molecule has 0 radical (unpaired) electrons. The fourth-order valence-electron chi connectivity index (χ4n) is 1.37. The van der Waals surface area contributed by atoms with Gasteiger partial charge in [0.2, 0.25) is 10.0 Å². The second-order valence-electron chi connectivity index (χ2n) is 4.09. The van der Waals surface area contributed by atoms with E-state index < -0.39 is 38.0 Å². The lowest BCUT2D eigenvalue weighted by Gasteiger charge is -2.09. The molecule has 0 bridgehead atoms. The summed E-state index contributed by atoms with van der Waals surface area (Å²) in [5.41, 5.74) is -0.558. The minimum absolute atomic E-state index is 0.377. The lowest BCUT2D eigenvalue weighted by Crippen LogP contribution is -2.32. The molecule has 0 aliphatic carbocycles. The van der Waals surface area contributed by atoms with Crippen molar-refractivity contribution in [3.8, 4) is 0 Å². The fraction of sp³-hybridized carbons (Fsp3) is 0.364. The van der Waals surface area contributed by atoms with Gasteiger partial charge in [0.25, 0.3) is 5.69 Å². The van der Waals surface area contributed by atoms with E-state index in [4.69, 9.17) is 4.74 Å². The van der Waals surface area contributed by atoms with E-state index in [0.717, 1.165) is 12.1 Å². The molecule has 1 aromatic carbocycles. The molecule has 20 heavy (non-hydrogen) atoms. The number of ether oxygens (including phenoxy) is 1. The van der Waals surface area contributed by atoms with Gasteiger partial charge in [-0.2, -0.15) is 4.72 Å². The Bertz CT molecular complexity index is 611. The summed E-state index contributed by atoms with van der Waals surface area (Å²) in [6.07, 6.45) is -0.377. The van der Waals surface area contributed by atoms with Gasteiger partial charge in [-0.25, -0.2) is 8.42 Å². The molecule has 0 saturated heterocycles. The monoisotopic (exact) mass is 302 g/mol. The smallest absolute Gasteiger partial charge is 0.321 e. The van der Waals surface area contributed by atoms with Gasteiger partial charge in [0.05, 0.1) is 11.0 Å². The van der Waals surface area contributed by atoms with Crippen LogP contribution in [0.15, 0.2) is 29.2 Å². The lowest BCUT2D eigenvalue weighted by atomic mass is 10.3. The number of benzene rings is 1. The van der Waals surface area contributed by atoms with Gasteiger partial charge in [-0.1, -0.05) is 12.1 Å². The number of sulfonamides is 1. The fourth-order valence-corrected chi connectivity index (χ4v) is 2.51. The lowest BCUT2D eigenvalue weighted by molar-refractivity contribution is -0.387. The summed E-state index contributed by atoms with van der Waals surface area (Å²) in [5, 5.41) is 10.8. The van der Waals surface area contributed by atoms with Gasteiger partial charge in [-0.05, 0) is 19.9 Å². The van der Waals surface area contributed by atoms with Crippen molar-refractivity contribution in [1.29, 1.82) is 0 Å². The molecule has 1 rings (SSSR count). The molecule has 0 saturated carbocycles. The van der Waals surface area contributed by atoms with E-state index in [-0.39, 0.29) is 6.10 Å². The summed E-state index contributed by atoms with van der Waals surface area (Å²) in [6, 6.07) is 4.87. The van der Waals surface area contributed by atoms with Gasteiger partial charge < -0.3 is 4.74 Å². The maximum absolute atomic E-state index is 11.9. The summed E-state index contributed by atoms with van der Waals surface area (Å²) in [7, 11) is -4.16. The van der Waals surface area contributed by atoms with Crippen molar-refractivity contribution in [3.05, 3.63) is 34.4 Å². The van der Waals surface area contributed by atoms with Crippen molar-refractivity contribution in [1.82, 2.24) is 4.72 Å². The number of esters is 1. The molecule has 0 heterocycles. The van der Waals surface area contributed by atoms with Gasteiger partial charge in [-0.3, -0.25) is 14.9 Å². The topological polar surface area (TPSA) is 116 Å². The molecule has 8 nitrogen and oxygen atoms in total. The average molecular weight is 302 g/mol. The summed E-state index contributed by atoms with van der Waals surface area (Å²) < 4.78 is 30.6. The van der Waals surface area contributed by atoms with E-state index in [1.165, 1.54) is 12.1 Å². The van der Waals surface area contributed by atoms with Gasteiger partial charge in [-0.15, -0.1) is 0 Å². The van der Waals surface area contributed by atoms with Crippen molar-refractivity contribution >= 4 is 21.7 Å². The van der Waals surface area contributed by atoms with E-state index in [1.807, 2.05) is 4.72 Å². The Morgan fingerprint density at radius 2 is 2.00 bits per heavy atom. The summed E-state index contributed by atoms with van der Waals surface area (Å²) in [5.74, 6) is -0.762. The highest BCUT2D eigenvalue weighted by atomic mass is 32.2. The van der Waals surface area contributed by atoms with Crippen LogP contribution in [0.2, 0.25) is 0 Å². The third kappa shape index (κ3) is 4.28. The van der Waals surface area contributed by atoms with Crippen LogP contribution in [0.25, 0.3) is 0 Å². The van der Waals surface area contributed by atoms with Crippen molar-refractivity contribution in [2.75, 3.05) is 6.54 Å². The minimum atomic E-state index is -4.16. The van der Waals surface area contributed by atoms with Crippen molar-refractivity contribution in [2.24, 2.45) is 0 Å². The largest absolute Gasteiger partial charge is 0.462 e. The number of nitrogens with zero attached hydrogens (tertiary/aromatic N) is 1. The van der Waals surface area contributed by atoms with E-state index >= 15 is 0 Å². The molecule has 0 amide bonds. The molecule has 0 spiro atoms. The first kappa shape index (κ1) is 16.1. The van der Waals surface area contributed by atoms with E-state index in [1.54, 1.807) is 13.8 Å². The molecule has 1 aromatic rings. The van der Waals surface area contributed by atoms with Crippen LogP contribution < -0.4 is 4.72 Å². The quantitative estimate of drug-likeness (QED) is 0.472. The van der Waals surface area contributed by atoms with Gasteiger partial charge in [0.15, 0.2) is 4.90 Å². The Balaban J connectivity index is 2.90. The molecule has 0 fully saturated rings. The molecular formula is C11H14N2O6S. The zero-order valence-electron chi connectivity index (χ0n) is 10.9. The Kier molecular flexibility index (Phi) is 5.17. The molecule has 0 aliphatic rings. The summed E-state index contributed by atoms with van der Waals surface area (Å²) >= 11 is 0. The maximum Gasteiger partial charge on any atom is 0.321 e. The van der Waals surface area contributed by atoms with Gasteiger partial charge >= 0.3 is 5.97 Å². The zero-order valence-corrected chi connectivity index (χ0v) is 11.7. The highest BCUT2D eigenvalue weighted by molar-refractivity contribution is 7.89. The minimum Gasteiger partial charge on any atom is -0.462 e. The van der Waals surface area contributed by atoms with Crippen LogP contribution in [0.3, 0.4) is 0 Å². The van der Waals surface area contributed by atoms with Crippen LogP contribution in [0.1, 0.15) is 13.8 Å². The van der Waals surface area contributed by atoms with Crippen molar-refractivity contribution < 1.29 is 22.9 Å². The standard InChI is InChI=1S/C11H14N2O6S/c1-8(2)19-11(14)7-12-20(17,18)10-6-4-3-5-9(10)13(15)16/h3-6,8,12H,7H2,1-2H3. The van der Waals surface area contributed by atoms with Crippen LogP contribution in [0, 0.1) is 10.1 Å². The third-order valence-electron chi connectivity index (χ3n) is 2.13. The number of rotatable bonds is 6. The number of hydrogen-bond acceptors (Lipinski definition) is 6. The summed E-state index contributed by atoms with van der Waals surface area (Å²) in [6.45, 7) is 2.65. The number of nitro benzene ring substituents is 1. The second kappa shape index (κ2) is 6.44. The molecule has 9 heteroatoms. The number of nitrogens with one attached hydrogen (secondary N) is 1. The molecule has 0 aromatic heterocycles. The molecule has 0 aliphatic heterocycles. The normalized spacial score (nSPS) is 11.3. The molecule has 0 unspecified atom stereocenters. The van der Waals surface area contributed by atoms with Crippen LogP contribution in [0.5, 0.6) is 0 Å². The van der Waals surface area contributed by atoms with Crippen LogP contribution in [-0.4, -0.2) is 32.0 Å². The number of carbonyl (C=O) groups excluding carboxylic acids is 1. The molecule has 0 atom stereocenters. The first-order valence-corrected chi connectivity index (χ1v) is 7.15. The number of carbonyl (C=O) groups is 1. The number of para-hydroxylation sites is 1. The first-order valence-electron chi connectivity index (χ1n) is 5.66. The Morgan fingerprint density at radius 1 is 1.40 bits per heavy atom. The van der Waals surface area contributed by atoms with E-state index in [0.29, 0.717) is 0 Å². The second-order valence-corrected chi connectivity index (χ2v) is 5.82. The Hall–Kier alpha value is -2.00. The maximum atomic E-state index is 11.9.